The first-order valence-corrected chi connectivity index (χ1v) is 9.36. The summed E-state index contributed by atoms with van der Waals surface area (Å²) >= 11 is 0. The summed E-state index contributed by atoms with van der Waals surface area (Å²) in [6, 6.07) is 9.54. The Labute approximate surface area is 153 Å². The molecule has 7 nitrogen and oxygen atoms in total. The van der Waals surface area contributed by atoms with Gasteiger partial charge in [0.2, 0.25) is 11.8 Å². The van der Waals surface area contributed by atoms with Gasteiger partial charge in [0.15, 0.2) is 9.84 Å². The molecule has 0 saturated carbocycles. The number of sulfone groups is 1. The lowest BCUT2D eigenvalue weighted by atomic mass is 10.2. The van der Waals surface area contributed by atoms with Gasteiger partial charge in [-0.25, -0.2) is 17.2 Å². The number of carbonyl (C=O) groups is 1. The lowest BCUT2D eigenvalue weighted by molar-refractivity contribution is -0.115. The van der Waals surface area contributed by atoms with Crippen LogP contribution in [0.4, 0.5) is 14.8 Å². The van der Waals surface area contributed by atoms with Gasteiger partial charge in [-0.3, -0.25) is 10.1 Å². The molecule has 0 radical (unpaired) electrons. The maximum absolute atomic E-state index is 13.2. The molecule has 1 aromatic heterocycles. The predicted molar refractivity (Wildman–Crippen MR) is 91.4 cm³/mol. The van der Waals surface area contributed by atoms with Crippen LogP contribution in [0.2, 0.25) is 0 Å². The Kier molecular flexibility index (Phi) is 5.26. The van der Waals surface area contributed by atoms with Crippen molar-refractivity contribution in [2.75, 3.05) is 11.1 Å². The standard InChI is InChI=1S/C17H13F2N3O4S/c18-12-4-6-14(7-5-12)27(24,25)9-8-15(23)20-17-22-21-16(26-17)11-2-1-3-13(19)10-11/h1-7,10H,8-9H2,(H,20,22,23). The third-order valence-electron chi connectivity index (χ3n) is 3.51. The van der Waals surface area contributed by atoms with Gasteiger partial charge in [-0.15, -0.1) is 5.10 Å². The van der Waals surface area contributed by atoms with Crippen molar-refractivity contribution < 1.29 is 26.4 Å². The number of halogens is 2. The van der Waals surface area contributed by atoms with E-state index in [1.807, 2.05) is 0 Å². The number of benzene rings is 2. The Hall–Kier alpha value is -3.14. The van der Waals surface area contributed by atoms with Crippen molar-refractivity contribution in [3.8, 4) is 11.5 Å². The van der Waals surface area contributed by atoms with Crippen LogP contribution in [-0.4, -0.2) is 30.3 Å². The van der Waals surface area contributed by atoms with Gasteiger partial charge in [-0.05, 0) is 42.5 Å². The number of hydrogen-bond acceptors (Lipinski definition) is 6. The van der Waals surface area contributed by atoms with Crippen LogP contribution >= 0.6 is 0 Å². The number of nitrogens with zero attached hydrogens (tertiary/aromatic N) is 2. The monoisotopic (exact) mass is 393 g/mol. The highest BCUT2D eigenvalue weighted by atomic mass is 32.2. The van der Waals surface area contributed by atoms with Gasteiger partial charge in [-0.2, -0.15) is 0 Å². The summed E-state index contributed by atoms with van der Waals surface area (Å²) in [5.41, 5.74) is 0.335. The lowest BCUT2D eigenvalue weighted by Gasteiger charge is -2.04. The molecule has 3 aromatic rings. The molecular formula is C17H13F2N3O4S. The molecule has 3 rings (SSSR count). The average molecular weight is 393 g/mol. The number of nitrogens with one attached hydrogen (secondary N) is 1. The fourth-order valence-electron chi connectivity index (χ4n) is 2.18. The normalized spacial score (nSPS) is 11.3. The average Bonchev–Trinajstić information content (AvgIpc) is 3.09. The predicted octanol–water partition coefficient (Wildman–Crippen LogP) is 2.82. The number of aromatic nitrogens is 2. The quantitative estimate of drug-likeness (QED) is 0.646. The van der Waals surface area contributed by atoms with Crippen LogP contribution in [-0.2, 0) is 14.6 Å². The minimum absolute atomic E-state index is 0.00346. The highest BCUT2D eigenvalue weighted by Gasteiger charge is 2.18. The van der Waals surface area contributed by atoms with Crippen molar-refractivity contribution in [1.82, 2.24) is 10.2 Å². The van der Waals surface area contributed by atoms with Gasteiger partial charge >= 0.3 is 6.01 Å². The molecule has 0 atom stereocenters. The van der Waals surface area contributed by atoms with Crippen molar-refractivity contribution in [2.45, 2.75) is 11.3 Å². The first-order chi connectivity index (χ1) is 12.8. The number of amides is 1. The van der Waals surface area contributed by atoms with E-state index in [4.69, 9.17) is 4.42 Å². The number of anilines is 1. The number of hydrogen-bond donors (Lipinski definition) is 1. The Morgan fingerprint density at radius 3 is 2.48 bits per heavy atom. The summed E-state index contributed by atoms with van der Waals surface area (Å²) in [5, 5.41) is 9.59. The van der Waals surface area contributed by atoms with E-state index in [-0.39, 0.29) is 23.2 Å². The largest absolute Gasteiger partial charge is 0.403 e. The Morgan fingerprint density at radius 2 is 1.78 bits per heavy atom. The molecule has 0 aliphatic heterocycles. The van der Waals surface area contributed by atoms with Crippen LogP contribution in [0.1, 0.15) is 6.42 Å². The third kappa shape index (κ3) is 4.73. The van der Waals surface area contributed by atoms with Gasteiger partial charge < -0.3 is 4.42 Å². The molecule has 1 heterocycles. The maximum Gasteiger partial charge on any atom is 0.322 e. The van der Waals surface area contributed by atoms with Crippen LogP contribution in [0, 0.1) is 11.6 Å². The number of carbonyl (C=O) groups excluding carboxylic acids is 1. The summed E-state index contributed by atoms with van der Waals surface area (Å²) in [7, 11) is -3.74. The Balaban J connectivity index is 1.60. The minimum atomic E-state index is -3.74. The van der Waals surface area contributed by atoms with E-state index in [1.165, 1.54) is 18.2 Å². The fourth-order valence-corrected chi connectivity index (χ4v) is 3.42. The molecule has 27 heavy (non-hydrogen) atoms. The molecule has 1 N–H and O–H groups in total. The van der Waals surface area contributed by atoms with Gasteiger partial charge in [0.1, 0.15) is 11.6 Å². The molecule has 1 amide bonds. The second kappa shape index (κ2) is 7.62. The van der Waals surface area contributed by atoms with Crippen LogP contribution in [0.15, 0.2) is 57.8 Å². The van der Waals surface area contributed by atoms with Crippen LogP contribution in [0.3, 0.4) is 0 Å². The summed E-state index contributed by atoms with van der Waals surface area (Å²) in [5.74, 6) is -2.17. The third-order valence-corrected chi connectivity index (χ3v) is 5.25. The Bertz CT molecular complexity index is 1070. The second-order valence-corrected chi connectivity index (χ2v) is 7.60. The van der Waals surface area contributed by atoms with E-state index >= 15 is 0 Å². The second-order valence-electron chi connectivity index (χ2n) is 5.49. The van der Waals surface area contributed by atoms with Gasteiger partial charge in [-0.1, -0.05) is 11.2 Å². The van der Waals surface area contributed by atoms with E-state index in [1.54, 1.807) is 6.07 Å². The first-order valence-electron chi connectivity index (χ1n) is 7.71. The minimum Gasteiger partial charge on any atom is -0.403 e. The first kappa shape index (κ1) is 18.6. The van der Waals surface area contributed by atoms with Crippen molar-refractivity contribution in [2.24, 2.45) is 0 Å². The molecule has 0 aliphatic rings. The van der Waals surface area contributed by atoms with Crippen molar-refractivity contribution in [3.63, 3.8) is 0 Å². The van der Waals surface area contributed by atoms with E-state index < -0.39 is 33.1 Å². The lowest BCUT2D eigenvalue weighted by Crippen LogP contribution is -2.17. The zero-order chi connectivity index (χ0) is 19.4. The van der Waals surface area contributed by atoms with Crippen molar-refractivity contribution in [3.05, 3.63) is 60.2 Å². The summed E-state index contributed by atoms with van der Waals surface area (Å²) in [6.07, 6.45) is -0.364. The van der Waals surface area contributed by atoms with Crippen molar-refractivity contribution in [1.29, 1.82) is 0 Å². The summed E-state index contributed by atoms with van der Waals surface area (Å²) in [6.45, 7) is 0. The highest BCUT2D eigenvalue weighted by Crippen LogP contribution is 2.20. The highest BCUT2D eigenvalue weighted by molar-refractivity contribution is 7.91. The molecule has 0 unspecified atom stereocenters. The van der Waals surface area contributed by atoms with Crippen molar-refractivity contribution >= 4 is 21.8 Å². The van der Waals surface area contributed by atoms with Gasteiger partial charge in [0.25, 0.3) is 0 Å². The smallest absolute Gasteiger partial charge is 0.322 e. The van der Waals surface area contributed by atoms with E-state index in [2.05, 4.69) is 15.5 Å². The molecule has 0 saturated heterocycles. The van der Waals surface area contributed by atoms with Crippen LogP contribution in [0.25, 0.3) is 11.5 Å². The maximum atomic E-state index is 13.2. The molecule has 0 spiro atoms. The molecular weight excluding hydrogens is 380 g/mol. The zero-order valence-corrected chi connectivity index (χ0v) is 14.5. The molecule has 140 valence electrons. The molecule has 0 bridgehead atoms. The summed E-state index contributed by atoms with van der Waals surface area (Å²) < 4.78 is 55.6. The van der Waals surface area contributed by atoms with E-state index in [0.29, 0.717) is 5.56 Å². The fraction of sp³-hybridized carbons (Fsp3) is 0.118. The van der Waals surface area contributed by atoms with E-state index in [9.17, 15) is 22.0 Å². The summed E-state index contributed by atoms with van der Waals surface area (Å²) in [4.78, 5) is 11.8. The SMILES string of the molecule is O=C(CCS(=O)(=O)c1ccc(F)cc1)Nc1nnc(-c2cccc(F)c2)o1. The van der Waals surface area contributed by atoms with E-state index in [0.717, 1.165) is 24.3 Å². The molecule has 10 heteroatoms. The topological polar surface area (TPSA) is 102 Å². The number of rotatable bonds is 6. The zero-order valence-electron chi connectivity index (χ0n) is 13.7. The van der Waals surface area contributed by atoms with Gasteiger partial charge in [0.05, 0.1) is 10.6 Å². The molecule has 0 fully saturated rings. The molecule has 2 aromatic carbocycles. The van der Waals surface area contributed by atoms with Crippen LogP contribution < -0.4 is 5.32 Å². The van der Waals surface area contributed by atoms with Gasteiger partial charge in [0, 0.05) is 12.0 Å². The van der Waals surface area contributed by atoms with Crippen LogP contribution in [0.5, 0.6) is 0 Å². The molecule has 0 aliphatic carbocycles. The Morgan fingerprint density at radius 1 is 1.04 bits per heavy atom.